The van der Waals surface area contributed by atoms with Gasteiger partial charge in [0, 0.05) is 6.54 Å². The molecule has 0 bridgehead atoms. The SMILES string of the molecule is CC(C)CCCCCCCCCCC[C@@H](O)CC(=O)N[C@@H](COP(=O)(O)OCCN)[C@H](O)CCCCCCCCCCCC(C)C. The second-order valence-corrected chi connectivity index (χ2v) is 15.7. The van der Waals surface area contributed by atoms with E-state index in [1.54, 1.807) is 0 Å². The third kappa shape index (κ3) is 30.8. The van der Waals surface area contributed by atoms with E-state index in [0.717, 1.165) is 50.4 Å². The van der Waals surface area contributed by atoms with Gasteiger partial charge in [-0.2, -0.15) is 0 Å². The van der Waals surface area contributed by atoms with Crippen LogP contribution in [0, 0.1) is 11.8 Å². The number of unbranched alkanes of at least 4 members (excludes halogenated alkanes) is 16. The Morgan fingerprint density at radius 1 is 0.652 bits per heavy atom. The average Bonchev–Trinajstić information content (AvgIpc) is 2.99. The van der Waals surface area contributed by atoms with Crippen LogP contribution in [0.5, 0.6) is 0 Å². The van der Waals surface area contributed by atoms with Crippen LogP contribution in [0.3, 0.4) is 0 Å². The van der Waals surface area contributed by atoms with Crippen LogP contribution in [-0.4, -0.2) is 59.0 Å². The van der Waals surface area contributed by atoms with Gasteiger partial charge in [0.05, 0.1) is 37.9 Å². The maximum Gasteiger partial charge on any atom is 0.472 e. The van der Waals surface area contributed by atoms with Crippen LogP contribution in [0.2, 0.25) is 0 Å². The molecule has 276 valence electrons. The summed E-state index contributed by atoms with van der Waals surface area (Å²) in [6.07, 6.45) is 23.0. The summed E-state index contributed by atoms with van der Waals surface area (Å²) in [4.78, 5) is 22.6. The van der Waals surface area contributed by atoms with E-state index >= 15 is 0 Å². The van der Waals surface area contributed by atoms with Crippen molar-refractivity contribution < 1.29 is 33.5 Å². The number of aliphatic hydroxyl groups is 2. The van der Waals surface area contributed by atoms with Gasteiger partial charge in [-0.25, -0.2) is 4.57 Å². The first kappa shape index (κ1) is 45.5. The highest BCUT2D eigenvalue weighted by atomic mass is 31.2. The molecule has 0 aliphatic rings. The van der Waals surface area contributed by atoms with Gasteiger partial charge in [-0.1, -0.05) is 156 Å². The molecule has 0 aromatic heterocycles. The van der Waals surface area contributed by atoms with Crippen molar-refractivity contribution in [2.24, 2.45) is 17.6 Å². The number of amides is 1. The number of nitrogens with one attached hydrogen (secondary N) is 1. The average molecular weight is 679 g/mol. The molecule has 0 aliphatic heterocycles. The Labute approximate surface area is 283 Å². The lowest BCUT2D eigenvalue weighted by Crippen LogP contribution is -2.47. The molecule has 0 heterocycles. The number of phosphoric ester groups is 1. The van der Waals surface area contributed by atoms with Gasteiger partial charge in [0.1, 0.15) is 0 Å². The molecule has 0 spiro atoms. The van der Waals surface area contributed by atoms with Crippen molar-refractivity contribution in [1.82, 2.24) is 5.32 Å². The molecule has 0 aromatic rings. The summed E-state index contributed by atoms with van der Waals surface area (Å²) in [5, 5.41) is 24.0. The number of hydrogen-bond donors (Lipinski definition) is 5. The molecule has 9 nitrogen and oxygen atoms in total. The minimum Gasteiger partial charge on any atom is -0.393 e. The highest BCUT2D eigenvalue weighted by Crippen LogP contribution is 2.43. The Morgan fingerprint density at radius 2 is 1.04 bits per heavy atom. The van der Waals surface area contributed by atoms with E-state index in [4.69, 9.17) is 14.8 Å². The Hall–Kier alpha value is -0.540. The van der Waals surface area contributed by atoms with Gasteiger partial charge in [-0.15, -0.1) is 0 Å². The topological polar surface area (TPSA) is 151 Å². The summed E-state index contributed by atoms with van der Waals surface area (Å²) in [5.41, 5.74) is 5.35. The molecule has 0 fully saturated rings. The summed E-state index contributed by atoms with van der Waals surface area (Å²) >= 11 is 0. The number of carbonyl (C=O) groups is 1. The summed E-state index contributed by atoms with van der Waals surface area (Å²) < 4.78 is 22.0. The first-order valence-corrected chi connectivity index (χ1v) is 20.4. The minimum atomic E-state index is -4.36. The lowest BCUT2D eigenvalue weighted by Gasteiger charge is -2.25. The third-order valence-electron chi connectivity index (χ3n) is 8.62. The number of aliphatic hydroxyl groups excluding tert-OH is 2. The molecule has 10 heteroatoms. The fraction of sp³-hybridized carbons (Fsp3) is 0.972. The number of rotatable bonds is 34. The maximum atomic E-state index is 12.7. The molecule has 0 rings (SSSR count). The molecular weight excluding hydrogens is 603 g/mol. The Kier molecular flexibility index (Phi) is 30.2. The molecule has 4 atom stereocenters. The largest absolute Gasteiger partial charge is 0.472 e. The molecule has 6 N–H and O–H groups in total. The smallest absolute Gasteiger partial charge is 0.393 e. The van der Waals surface area contributed by atoms with E-state index in [2.05, 4.69) is 33.0 Å². The first-order valence-electron chi connectivity index (χ1n) is 18.9. The van der Waals surface area contributed by atoms with Crippen molar-refractivity contribution in [3.63, 3.8) is 0 Å². The second kappa shape index (κ2) is 30.5. The third-order valence-corrected chi connectivity index (χ3v) is 9.61. The maximum absolute atomic E-state index is 12.7. The van der Waals surface area contributed by atoms with Gasteiger partial charge in [-0.05, 0) is 24.7 Å². The molecule has 0 saturated heterocycles. The zero-order chi connectivity index (χ0) is 34.5. The summed E-state index contributed by atoms with van der Waals surface area (Å²) in [5.74, 6) is 1.17. The summed E-state index contributed by atoms with van der Waals surface area (Å²) in [6, 6.07) is -0.891. The molecule has 0 aromatic carbocycles. The summed E-state index contributed by atoms with van der Waals surface area (Å²) in [7, 11) is -4.36. The monoisotopic (exact) mass is 679 g/mol. The lowest BCUT2D eigenvalue weighted by molar-refractivity contribution is -0.125. The Morgan fingerprint density at radius 3 is 1.46 bits per heavy atom. The van der Waals surface area contributed by atoms with Crippen molar-refractivity contribution >= 4 is 13.7 Å². The van der Waals surface area contributed by atoms with E-state index in [1.165, 1.54) is 89.9 Å². The normalized spacial score (nSPS) is 15.3. The van der Waals surface area contributed by atoms with Gasteiger partial charge in [0.2, 0.25) is 5.91 Å². The number of phosphoric acid groups is 1. The van der Waals surface area contributed by atoms with E-state index in [0.29, 0.717) is 12.8 Å². The van der Waals surface area contributed by atoms with Crippen molar-refractivity contribution in [2.45, 2.75) is 194 Å². The van der Waals surface area contributed by atoms with Crippen LogP contribution in [-0.2, 0) is 18.4 Å². The zero-order valence-corrected chi connectivity index (χ0v) is 31.2. The molecule has 0 aliphatic carbocycles. The van der Waals surface area contributed by atoms with Crippen LogP contribution in [0.15, 0.2) is 0 Å². The van der Waals surface area contributed by atoms with E-state index in [9.17, 15) is 24.5 Å². The van der Waals surface area contributed by atoms with Gasteiger partial charge in [0.15, 0.2) is 0 Å². The van der Waals surface area contributed by atoms with Gasteiger partial charge in [-0.3, -0.25) is 13.8 Å². The highest BCUT2D eigenvalue weighted by molar-refractivity contribution is 7.47. The zero-order valence-electron chi connectivity index (χ0n) is 30.3. The molecule has 0 saturated carbocycles. The summed E-state index contributed by atoms with van der Waals surface area (Å²) in [6.45, 7) is 8.64. The first-order chi connectivity index (χ1) is 22.0. The standard InChI is InChI=1S/C36H75N2O7P/c1-31(2)23-19-15-11-7-5-9-13-17-21-25-33(39)29-36(41)38-34(30-45-46(42,43)44-28-27-37)35(40)26-22-18-14-10-6-8-12-16-20-24-32(3)4/h31-35,39-40H,5-30,37H2,1-4H3,(H,38,41)(H,42,43)/t33-,34+,35-/m1/s1. The Balaban J connectivity index is 4.38. The van der Waals surface area contributed by atoms with E-state index in [1.807, 2.05) is 0 Å². The predicted octanol–water partition coefficient (Wildman–Crippen LogP) is 8.57. The molecule has 46 heavy (non-hydrogen) atoms. The second-order valence-electron chi connectivity index (χ2n) is 14.3. The van der Waals surface area contributed by atoms with Crippen LogP contribution in [0.25, 0.3) is 0 Å². The van der Waals surface area contributed by atoms with Gasteiger partial charge in [0.25, 0.3) is 0 Å². The van der Waals surface area contributed by atoms with Crippen molar-refractivity contribution in [3.8, 4) is 0 Å². The Bertz CT molecular complexity index is 741. The molecule has 1 amide bonds. The quantitative estimate of drug-likeness (QED) is 0.0335. The minimum absolute atomic E-state index is 0.0608. The van der Waals surface area contributed by atoms with Crippen LogP contribution in [0.4, 0.5) is 0 Å². The van der Waals surface area contributed by atoms with E-state index in [-0.39, 0.29) is 26.2 Å². The fourth-order valence-corrected chi connectivity index (χ4v) is 6.48. The fourth-order valence-electron chi connectivity index (χ4n) is 5.73. The van der Waals surface area contributed by atoms with Crippen molar-refractivity contribution in [1.29, 1.82) is 0 Å². The molecule has 1 unspecified atom stereocenters. The van der Waals surface area contributed by atoms with Crippen LogP contribution in [0.1, 0.15) is 175 Å². The van der Waals surface area contributed by atoms with Crippen LogP contribution >= 0.6 is 7.82 Å². The lowest BCUT2D eigenvalue weighted by atomic mass is 10.0. The number of nitrogens with two attached hydrogens (primary N) is 1. The van der Waals surface area contributed by atoms with Gasteiger partial charge >= 0.3 is 7.82 Å². The number of hydrogen-bond acceptors (Lipinski definition) is 7. The molecule has 0 radical (unpaired) electrons. The van der Waals surface area contributed by atoms with Crippen molar-refractivity contribution in [3.05, 3.63) is 0 Å². The van der Waals surface area contributed by atoms with Gasteiger partial charge < -0.3 is 26.2 Å². The highest BCUT2D eigenvalue weighted by Gasteiger charge is 2.28. The molecular formula is C36H75N2O7P. The predicted molar refractivity (Wildman–Crippen MR) is 191 cm³/mol. The van der Waals surface area contributed by atoms with Crippen molar-refractivity contribution in [2.75, 3.05) is 19.8 Å². The van der Waals surface area contributed by atoms with E-state index < -0.39 is 32.0 Å². The van der Waals surface area contributed by atoms with Crippen LogP contribution < -0.4 is 11.1 Å². The number of carbonyl (C=O) groups excluding carboxylic acids is 1.